The van der Waals surface area contributed by atoms with Gasteiger partial charge in [0.05, 0.1) is 11.0 Å². The lowest BCUT2D eigenvalue weighted by molar-refractivity contribution is 0.419. The summed E-state index contributed by atoms with van der Waals surface area (Å²) < 4.78 is 2.39. The van der Waals surface area contributed by atoms with E-state index in [-0.39, 0.29) is 5.41 Å². The van der Waals surface area contributed by atoms with Gasteiger partial charge in [0.25, 0.3) is 0 Å². The number of aromatic nitrogens is 1. The molecule has 1 heterocycles. The molecule has 8 aromatic rings. The standard InChI is InChI=1S/C62H50N2/c1-41-24-36-58-54(38-41)52-35-34-49(40-59(52)62(58)56-21-11-8-18-50(56)51-19-9-12-22-57(51)62)63(47-30-25-43(26-31-47)42-14-4-2-5-15-42)48-32-27-44(28-33-48)45-29-37-61-55(39-45)53-20-10-13-23-60(53)64(61)46-16-6-3-7-17-46/h2-8,10-18,20-23,25-35,37,39,41,59H,9,19,24,36,38,40H2,1H3/t41?,59?,62-/m1/s1. The number of hydrogen-bond acceptors (Lipinski definition) is 1. The monoisotopic (exact) mass is 822 g/mol. The first kappa shape index (κ1) is 37.4. The van der Waals surface area contributed by atoms with E-state index in [1.54, 1.807) is 33.4 Å². The van der Waals surface area contributed by atoms with E-state index in [4.69, 9.17) is 0 Å². The first-order valence-electron chi connectivity index (χ1n) is 23.4. The summed E-state index contributed by atoms with van der Waals surface area (Å²) in [5.74, 6) is 1.04. The number of benzene rings is 7. The molecule has 1 spiro atoms. The molecule has 0 amide bonds. The highest BCUT2D eigenvalue weighted by Crippen LogP contribution is 2.68. The SMILES string of the molecule is CC1CCC2=C(C1)C1=CC=C(N(c3ccc(-c4ccccc4)cc3)c3ccc(-c4ccc5c(c4)c4ccccc4n5-c4ccccc4)cc3)CC1[C@]21C2=C(CCC=C2)c2ccccc21. The molecule has 3 atom stereocenters. The number of allylic oxidation sites excluding steroid dienone is 10. The zero-order valence-corrected chi connectivity index (χ0v) is 36.3. The van der Waals surface area contributed by atoms with Gasteiger partial charge in [-0.05, 0) is 161 Å². The van der Waals surface area contributed by atoms with Crippen LogP contribution in [0.3, 0.4) is 0 Å². The molecule has 2 heteroatoms. The van der Waals surface area contributed by atoms with Gasteiger partial charge in [0.2, 0.25) is 0 Å². The van der Waals surface area contributed by atoms with Crippen molar-refractivity contribution >= 4 is 38.8 Å². The van der Waals surface area contributed by atoms with Crippen molar-refractivity contribution in [2.24, 2.45) is 11.8 Å². The molecule has 308 valence electrons. The molecular weight excluding hydrogens is 773 g/mol. The van der Waals surface area contributed by atoms with Crippen LogP contribution in [-0.2, 0) is 5.41 Å². The van der Waals surface area contributed by atoms with Gasteiger partial charge >= 0.3 is 0 Å². The zero-order valence-electron chi connectivity index (χ0n) is 36.3. The van der Waals surface area contributed by atoms with Gasteiger partial charge in [0.15, 0.2) is 0 Å². The predicted molar refractivity (Wildman–Crippen MR) is 268 cm³/mol. The average molecular weight is 823 g/mol. The van der Waals surface area contributed by atoms with Crippen LogP contribution < -0.4 is 4.90 Å². The van der Waals surface area contributed by atoms with Crippen molar-refractivity contribution in [1.29, 1.82) is 0 Å². The Labute approximate surface area is 376 Å². The summed E-state index contributed by atoms with van der Waals surface area (Å²) in [6, 6.07) is 65.4. The first-order valence-corrected chi connectivity index (χ1v) is 23.4. The highest BCUT2D eigenvalue weighted by Gasteiger charge is 2.58. The lowest BCUT2D eigenvalue weighted by Gasteiger charge is -2.42. The molecule has 7 aromatic carbocycles. The lowest BCUT2D eigenvalue weighted by atomic mass is 9.61. The average Bonchev–Trinajstić information content (AvgIpc) is 3.96. The number of fused-ring (bicyclic) bond motifs is 11. The molecule has 0 fully saturated rings. The van der Waals surface area contributed by atoms with E-state index in [0.29, 0.717) is 11.8 Å². The number of para-hydroxylation sites is 2. The second-order valence-corrected chi connectivity index (χ2v) is 18.7. The summed E-state index contributed by atoms with van der Waals surface area (Å²) in [5.41, 5.74) is 23.3. The molecule has 0 N–H and O–H groups in total. The van der Waals surface area contributed by atoms with E-state index >= 15 is 0 Å². The predicted octanol–water partition coefficient (Wildman–Crippen LogP) is 16.3. The number of rotatable bonds is 6. The van der Waals surface area contributed by atoms with E-state index < -0.39 is 0 Å². The molecule has 0 bridgehead atoms. The van der Waals surface area contributed by atoms with Crippen molar-refractivity contribution in [3.63, 3.8) is 0 Å². The van der Waals surface area contributed by atoms with E-state index in [9.17, 15) is 0 Å². The lowest BCUT2D eigenvalue weighted by Crippen LogP contribution is -2.37. The minimum absolute atomic E-state index is 0.112. The van der Waals surface area contributed by atoms with Gasteiger partial charge in [0.1, 0.15) is 0 Å². The summed E-state index contributed by atoms with van der Waals surface area (Å²) in [5, 5.41) is 2.54. The molecular formula is C62H50N2. The van der Waals surface area contributed by atoms with Crippen LogP contribution in [0.4, 0.5) is 11.4 Å². The third kappa shape index (κ3) is 5.58. The van der Waals surface area contributed by atoms with Crippen LogP contribution in [0.15, 0.2) is 228 Å². The van der Waals surface area contributed by atoms with Gasteiger partial charge in [0, 0.05) is 44.9 Å². The fourth-order valence-electron chi connectivity index (χ4n) is 12.6. The van der Waals surface area contributed by atoms with E-state index in [1.807, 2.05) is 0 Å². The summed E-state index contributed by atoms with van der Waals surface area (Å²) in [6.45, 7) is 2.47. The largest absolute Gasteiger partial charge is 0.314 e. The van der Waals surface area contributed by atoms with Gasteiger partial charge < -0.3 is 9.47 Å². The Hall–Kier alpha value is -7.16. The van der Waals surface area contributed by atoms with Gasteiger partial charge in [-0.1, -0.05) is 152 Å². The number of hydrogen-bond donors (Lipinski definition) is 0. The maximum absolute atomic E-state index is 2.56. The van der Waals surface area contributed by atoms with Crippen molar-refractivity contribution in [1.82, 2.24) is 4.57 Å². The molecule has 2 nitrogen and oxygen atoms in total. The van der Waals surface area contributed by atoms with Crippen molar-refractivity contribution in [2.75, 3.05) is 4.90 Å². The Balaban J connectivity index is 0.931. The highest BCUT2D eigenvalue weighted by atomic mass is 15.1. The highest BCUT2D eigenvalue weighted by molar-refractivity contribution is 6.10. The molecule has 2 unspecified atom stereocenters. The van der Waals surface area contributed by atoms with Crippen LogP contribution in [0.1, 0.15) is 56.6 Å². The van der Waals surface area contributed by atoms with Gasteiger partial charge in [-0.2, -0.15) is 0 Å². The van der Waals surface area contributed by atoms with E-state index in [0.717, 1.165) is 19.3 Å². The third-order valence-electron chi connectivity index (χ3n) is 15.3. The van der Waals surface area contributed by atoms with Crippen molar-refractivity contribution in [3.8, 4) is 27.9 Å². The first-order chi connectivity index (χ1) is 31.6. The van der Waals surface area contributed by atoms with Crippen molar-refractivity contribution in [2.45, 2.75) is 50.9 Å². The minimum Gasteiger partial charge on any atom is -0.314 e. The molecule has 1 aromatic heterocycles. The minimum atomic E-state index is -0.112. The third-order valence-corrected chi connectivity index (χ3v) is 15.3. The Morgan fingerprint density at radius 1 is 0.562 bits per heavy atom. The van der Waals surface area contributed by atoms with Gasteiger partial charge in [-0.3, -0.25) is 0 Å². The van der Waals surface area contributed by atoms with E-state index in [1.165, 1.54) is 91.6 Å². The molecule has 13 rings (SSSR count). The van der Waals surface area contributed by atoms with Crippen LogP contribution in [0.25, 0.3) is 55.3 Å². The van der Waals surface area contributed by atoms with Crippen LogP contribution in [0, 0.1) is 11.8 Å². The fraction of sp³-hybridized carbons (Fsp3) is 0.161. The van der Waals surface area contributed by atoms with Crippen molar-refractivity contribution in [3.05, 3.63) is 239 Å². The second kappa shape index (κ2) is 14.7. The molecule has 5 aliphatic rings. The maximum atomic E-state index is 2.56. The quantitative estimate of drug-likeness (QED) is 0.162. The second-order valence-electron chi connectivity index (χ2n) is 18.7. The number of anilines is 2. The summed E-state index contributed by atoms with van der Waals surface area (Å²) >= 11 is 0. The molecule has 0 radical (unpaired) electrons. The van der Waals surface area contributed by atoms with Crippen LogP contribution in [-0.4, -0.2) is 4.57 Å². The molecule has 0 saturated heterocycles. The topological polar surface area (TPSA) is 8.17 Å². The molecule has 64 heavy (non-hydrogen) atoms. The zero-order chi connectivity index (χ0) is 42.4. The molecule has 0 saturated carbocycles. The Morgan fingerprint density at radius 2 is 1.22 bits per heavy atom. The maximum Gasteiger partial charge on any atom is 0.0541 e. The summed E-state index contributed by atoms with van der Waals surface area (Å²) in [7, 11) is 0. The fourth-order valence-corrected chi connectivity index (χ4v) is 12.6. The van der Waals surface area contributed by atoms with Crippen molar-refractivity contribution < 1.29 is 0 Å². The summed E-state index contributed by atoms with van der Waals surface area (Å²) in [6.07, 6.45) is 16.9. The smallest absolute Gasteiger partial charge is 0.0541 e. The Morgan fingerprint density at radius 3 is 2.02 bits per heavy atom. The summed E-state index contributed by atoms with van der Waals surface area (Å²) in [4.78, 5) is 2.56. The van der Waals surface area contributed by atoms with Crippen LogP contribution in [0.5, 0.6) is 0 Å². The molecule has 5 aliphatic carbocycles. The van der Waals surface area contributed by atoms with Crippen LogP contribution in [0.2, 0.25) is 0 Å². The number of nitrogens with zero attached hydrogens (tertiary/aromatic N) is 2. The van der Waals surface area contributed by atoms with E-state index in [2.05, 4.69) is 217 Å². The van der Waals surface area contributed by atoms with Gasteiger partial charge in [-0.15, -0.1) is 0 Å². The Bertz CT molecular complexity index is 3320. The molecule has 0 aliphatic heterocycles. The van der Waals surface area contributed by atoms with Gasteiger partial charge in [-0.25, -0.2) is 0 Å². The normalized spacial score (nSPS) is 20.9. The Kier molecular flexibility index (Phi) is 8.60. The van der Waals surface area contributed by atoms with Crippen LogP contribution >= 0.6 is 0 Å².